The fourth-order valence-corrected chi connectivity index (χ4v) is 0.493. The highest BCUT2D eigenvalue weighted by molar-refractivity contribution is 5.75. The molecule has 0 heterocycles. The first-order chi connectivity index (χ1) is 3.79. The average molecular weight is 138 g/mol. The van der Waals surface area contributed by atoms with Gasteiger partial charge in [-0.05, 0) is 12.1 Å². The molecule has 0 amide bonds. The summed E-state index contributed by atoms with van der Waals surface area (Å²) in [5, 5.41) is 17.3. The lowest BCUT2D eigenvalue weighted by molar-refractivity contribution is 0.450. The normalized spacial score (nSPS) is 8.00. The van der Waals surface area contributed by atoms with Crippen molar-refractivity contribution < 1.29 is 10.2 Å². The van der Waals surface area contributed by atoms with E-state index in [1.807, 2.05) is 0 Å². The fourth-order valence-electron chi connectivity index (χ4n) is 0.493. The minimum absolute atomic E-state index is 0. The minimum atomic E-state index is 0. The Morgan fingerprint density at radius 1 is 1.00 bits per heavy atom. The lowest BCUT2D eigenvalue weighted by atomic mass is 10.3. The molecule has 0 aromatic heterocycles. The van der Waals surface area contributed by atoms with E-state index in [-0.39, 0.29) is 22.5 Å². The molecule has 9 heavy (non-hydrogen) atoms. The van der Waals surface area contributed by atoms with Crippen LogP contribution < -0.4 is 0 Å². The summed E-state index contributed by atoms with van der Waals surface area (Å²) in [5.74, 6) is 0.176. The molecule has 1 rings (SSSR count). The predicted octanol–water partition coefficient (Wildman–Crippen LogP) is 0.717. The van der Waals surface area contributed by atoms with Gasteiger partial charge in [0.05, 0.1) is 0 Å². The molecule has 0 saturated carbocycles. The summed E-state index contributed by atoms with van der Waals surface area (Å²) in [6.45, 7) is 0. The van der Waals surface area contributed by atoms with Gasteiger partial charge in [-0.1, -0.05) is 6.07 Å². The molecule has 4 radical (unpaired) electrons. The van der Waals surface area contributed by atoms with Crippen molar-refractivity contribution in [2.24, 2.45) is 0 Å². The first kappa shape index (κ1) is 8.04. The van der Waals surface area contributed by atoms with E-state index in [2.05, 4.69) is 0 Å². The molecule has 0 atom stereocenters. The van der Waals surface area contributed by atoms with Gasteiger partial charge < -0.3 is 10.2 Å². The first-order valence-corrected chi connectivity index (χ1v) is 2.27. The van der Waals surface area contributed by atoms with Gasteiger partial charge in [-0.25, -0.2) is 0 Å². The largest absolute Gasteiger partial charge is 0.508 e. The Bertz CT molecular complexity index is 171. The number of rotatable bonds is 0. The van der Waals surface area contributed by atoms with Crippen LogP contribution in [0.25, 0.3) is 0 Å². The smallest absolute Gasteiger partial charge is 0.119 e. The molecule has 0 fully saturated rings. The molecule has 0 spiro atoms. The molecule has 1 aromatic rings. The third-order valence-corrected chi connectivity index (χ3v) is 0.830. The molecule has 0 unspecified atom stereocenters. The summed E-state index contributed by atoms with van der Waals surface area (Å²) in [6.07, 6.45) is 0. The molecule has 0 aliphatic heterocycles. The van der Waals surface area contributed by atoms with E-state index >= 15 is 0 Å². The van der Waals surface area contributed by atoms with Crippen LogP contribution in [-0.2, 0) is 0 Å². The lowest BCUT2D eigenvalue weighted by Gasteiger charge is -1.89. The Morgan fingerprint density at radius 2 is 1.44 bits per heavy atom. The molecule has 46 valence electrons. The van der Waals surface area contributed by atoms with Crippen molar-refractivity contribution in [2.45, 2.75) is 0 Å². The predicted molar refractivity (Wildman–Crippen MR) is 35.5 cm³/mol. The van der Waals surface area contributed by atoms with Crippen molar-refractivity contribution in [2.75, 3.05) is 0 Å². The molecule has 2 N–H and O–H groups in total. The summed E-state index contributed by atoms with van der Waals surface area (Å²) in [4.78, 5) is 0. The Hall–Kier alpha value is -0.963. The van der Waals surface area contributed by atoms with E-state index in [0.717, 1.165) is 0 Å². The van der Waals surface area contributed by atoms with E-state index in [1.54, 1.807) is 6.07 Å². The SMILES string of the molecule is Oc1cccc(O)c1.[Si]. The van der Waals surface area contributed by atoms with Gasteiger partial charge in [-0.2, -0.15) is 0 Å². The Kier molecular flexibility index (Phi) is 2.80. The first-order valence-electron chi connectivity index (χ1n) is 2.27. The Balaban J connectivity index is 0.000000640. The molecule has 0 aliphatic rings. The van der Waals surface area contributed by atoms with E-state index in [4.69, 9.17) is 10.2 Å². The van der Waals surface area contributed by atoms with Crippen LogP contribution >= 0.6 is 0 Å². The topological polar surface area (TPSA) is 40.5 Å². The maximum Gasteiger partial charge on any atom is 0.119 e. The van der Waals surface area contributed by atoms with Crippen LogP contribution in [0.1, 0.15) is 0 Å². The molecular weight excluding hydrogens is 132 g/mol. The summed E-state index contributed by atoms with van der Waals surface area (Å²) >= 11 is 0. The zero-order valence-corrected chi connectivity index (χ0v) is 5.70. The highest BCUT2D eigenvalue weighted by atomic mass is 28.1. The minimum Gasteiger partial charge on any atom is -0.508 e. The summed E-state index contributed by atoms with van der Waals surface area (Å²) < 4.78 is 0. The van der Waals surface area contributed by atoms with Crippen molar-refractivity contribution in [1.82, 2.24) is 0 Å². The maximum absolute atomic E-state index is 8.65. The second kappa shape index (κ2) is 3.14. The van der Waals surface area contributed by atoms with Crippen LogP contribution in [0, 0.1) is 0 Å². The molecule has 2 nitrogen and oxygen atoms in total. The van der Waals surface area contributed by atoms with Crippen LogP contribution in [0.15, 0.2) is 24.3 Å². The standard InChI is InChI=1S/C6H6O2.Si/c7-5-2-1-3-6(8)4-5;/h1-4,7-8H;. The Morgan fingerprint density at radius 3 is 1.67 bits per heavy atom. The Labute approximate surface area is 57.8 Å². The van der Waals surface area contributed by atoms with Gasteiger partial charge >= 0.3 is 0 Å². The van der Waals surface area contributed by atoms with Gasteiger partial charge in [-0.3, -0.25) is 0 Å². The highest BCUT2D eigenvalue weighted by Gasteiger charge is 1.85. The molecule has 1 aromatic carbocycles. The summed E-state index contributed by atoms with van der Waals surface area (Å²) in [5.41, 5.74) is 0. The van der Waals surface area contributed by atoms with E-state index in [9.17, 15) is 0 Å². The lowest BCUT2D eigenvalue weighted by Crippen LogP contribution is -1.61. The van der Waals surface area contributed by atoms with Crippen LogP contribution in [-0.4, -0.2) is 21.2 Å². The second-order valence-electron chi connectivity index (χ2n) is 1.52. The number of hydrogen-bond acceptors (Lipinski definition) is 2. The van der Waals surface area contributed by atoms with Crippen LogP contribution in [0.3, 0.4) is 0 Å². The number of phenolic OH excluding ortho intramolecular Hbond substituents is 2. The van der Waals surface area contributed by atoms with E-state index < -0.39 is 0 Å². The molecule has 0 saturated heterocycles. The number of hydrogen-bond donors (Lipinski definition) is 2. The molecular formula is C6H6O2Si. The molecule has 3 heteroatoms. The number of benzene rings is 1. The van der Waals surface area contributed by atoms with Gasteiger partial charge in [0.2, 0.25) is 0 Å². The van der Waals surface area contributed by atoms with Gasteiger partial charge in [0.15, 0.2) is 0 Å². The zero-order chi connectivity index (χ0) is 5.98. The molecule has 0 aliphatic carbocycles. The third kappa shape index (κ3) is 2.19. The highest BCUT2D eigenvalue weighted by Crippen LogP contribution is 2.14. The van der Waals surface area contributed by atoms with Gasteiger partial charge in [0.1, 0.15) is 11.5 Å². The van der Waals surface area contributed by atoms with Crippen molar-refractivity contribution in [1.29, 1.82) is 0 Å². The average Bonchev–Trinajstić information content (AvgIpc) is 1.64. The summed E-state index contributed by atoms with van der Waals surface area (Å²) in [7, 11) is 0. The maximum atomic E-state index is 8.65. The monoisotopic (exact) mass is 138 g/mol. The fraction of sp³-hybridized carbons (Fsp3) is 0. The molecule has 0 bridgehead atoms. The van der Waals surface area contributed by atoms with Crippen LogP contribution in [0.4, 0.5) is 0 Å². The summed E-state index contributed by atoms with van der Waals surface area (Å²) in [6, 6.07) is 5.85. The van der Waals surface area contributed by atoms with Gasteiger partial charge in [0, 0.05) is 17.0 Å². The number of phenols is 2. The van der Waals surface area contributed by atoms with E-state index in [0.29, 0.717) is 0 Å². The third-order valence-electron chi connectivity index (χ3n) is 0.830. The number of aromatic hydroxyl groups is 2. The van der Waals surface area contributed by atoms with Crippen molar-refractivity contribution >= 4 is 11.0 Å². The quantitative estimate of drug-likeness (QED) is 0.518. The van der Waals surface area contributed by atoms with Crippen molar-refractivity contribution in [3.8, 4) is 11.5 Å². The second-order valence-corrected chi connectivity index (χ2v) is 1.52. The van der Waals surface area contributed by atoms with Crippen LogP contribution in [0.5, 0.6) is 11.5 Å². The van der Waals surface area contributed by atoms with Crippen LogP contribution in [0.2, 0.25) is 0 Å². The zero-order valence-electron chi connectivity index (χ0n) is 4.70. The van der Waals surface area contributed by atoms with Gasteiger partial charge in [0.25, 0.3) is 0 Å². The van der Waals surface area contributed by atoms with Crippen molar-refractivity contribution in [3.63, 3.8) is 0 Å². The van der Waals surface area contributed by atoms with E-state index in [1.165, 1.54) is 18.2 Å². The van der Waals surface area contributed by atoms with Crippen molar-refractivity contribution in [3.05, 3.63) is 24.3 Å². The van der Waals surface area contributed by atoms with Gasteiger partial charge in [-0.15, -0.1) is 0 Å².